The van der Waals surface area contributed by atoms with E-state index in [1.54, 1.807) is 26.0 Å². The van der Waals surface area contributed by atoms with Gasteiger partial charge in [-0.1, -0.05) is 6.92 Å². The zero-order chi connectivity index (χ0) is 16.0. The van der Waals surface area contributed by atoms with E-state index >= 15 is 0 Å². The van der Waals surface area contributed by atoms with Crippen LogP contribution >= 0.6 is 0 Å². The number of rotatable bonds is 7. The highest BCUT2D eigenvalue weighted by Crippen LogP contribution is 2.25. The zero-order valence-corrected chi connectivity index (χ0v) is 13.6. The smallest absolute Gasteiger partial charge is 0.241 e. The van der Waals surface area contributed by atoms with Gasteiger partial charge in [-0.05, 0) is 43.5 Å². The van der Waals surface area contributed by atoms with Crippen LogP contribution in [0.15, 0.2) is 17.0 Å². The van der Waals surface area contributed by atoms with Crippen LogP contribution in [-0.4, -0.2) is 34.5 Å². The number of ether oxygens (including phenoxy) is 1. The van der Waals surface area contributed by atoms with Crippen molar-refractivity contribution in [2.45, 2.75) is 32.1 Å². The Morgan fingerprint density at radius 3 is 2.48 bits per heavy atom. The third-order valence-corrected chi connectivity index (χ3v) is 4.52. The van der Waals surface area contributed by atoms with E-state index in [0.717, 1.165) is 12.0 Å². The summed E-state index contributed by atoms with van der Waals surface area (Å²) in [6, 6.07) is 3.21. The maximum absolute atomic E-state index is 12.3. The molecule has 0 aliphatic carbocycles. The van der Waals surface area contributed by atoms with Crippen LogP contribution in [0.1, 0.15) is 24.5 Å². The lowest BCUT2D eigenvalue weighted by molar-refractivity contribution is -0.119. The molecule has 1 amide bonds. The van der Waals surface area contributed by atoms with Crippen LogP contribution in [0.3, 0.4) is 0 Å². The molecule has 0 aliphatic heterocycles. The molecule has 0 radical (unpaired) electrons. The molecule has 0 heterocycles. The predicted octanol–water partition coefficient (Wildman–Crippen LogP) is 1.12. The average Bonchev–Trinajstić information content (AvgIpc) is 2.44. The van der Waals surface area contributed by atoms with Gasteiger partial charge in [0.25, 0.3) is 0 Å². The normalized spacial score (nSPS) is 11.2. The van der Waals surface area contributed by atoms with Crippen molar-refractivity contribution >= 4 is 15.9 Å². The topological polar surface area (TPSA) is 84.5 Å². The van der Waals surface area contributed by atoms with E-state index in [2.05, 4.69) is 10.0 Å². The molecule has 0 spiro atoms. The van der Waals surface area contributed by atoms with Crippen molar-refractivity contribution in [1.29, 1.82) is 0 Å². The SMILES string of the molecule is CCCNC(=O)CNS(=O)(=O)c1cc(C)c(OC)cc1C. The Morgan fingerprint density at radius 2 is 1.90 bits per heavy atom. The van der Waals surface area contributed by atoms with Crippen LogP contribution < -0.4 is 14.8 Å². The minimum absolute atomic E-state index is 0.157. The Balaban J connectivity index is 2.88. The standard InChI is InChI=1S/C14H22N2O4S/c1-5-6-15-14(17)9-16-21(18,19)13-8-10(2)12(20-4)7-11(13)3/h7-8,16H,5-6,9H2,1-4H3,(H,15,17). The van der Waals surface area contributed by atoms with Crippen molar-refractivity contribution in [1.82, 2.24) is 10.0 Å². The summed E-state index contributed by atoms with van der Waals surface area (Å²) in [5.74, 6) is 0.287. The van der Waals surface area contributed by atoms with Crippen LogP contribution in [0.25, 0.3) is 0 Å². The van der Waals surface area contributed by atoms with Crippen molar-refractivity contribution in [2.24, 2.45) is 0 Å². The van der Waals surface area contributed by atoms with E-state index in [-0.39, 0.29) is 17.3 Å². The van der Waals surface area contributed by atoms with Gasteiger partial charge in [0.1, 0.15) is 5.75 Å². The fraction of sp³-hybridized carbons (Fsp3) is 0.500. The minimum Gasteiger partial charge on any atom is -0.496 e. The molecule has 0 saturated heterocycles. The fourth-order valence-electron chi connectivity index (χ4n) is 1.84. The number of aryl methyl sites for hydroxylation is 2. The monoisotopic (exact) mass is 314 g/mol. The molecular weight excluding hydrogens is 292 g/mol. The van der Waals surface area contributed by atoms with Gasteiger partial charge in [-0.25, -0.2) is 13.1 Å². The highest BCUT2D eigenvalue weighted by molar-refractivity contribution is 7.89. The molecule has 6 nitrogen and oxygen atoms in total. The summed E-state index contributed by atoms with van der Waals surface area (Å²) in [5.41, 5.74) is 1.29. The van der Waals surface area contributed by atoms with E-state index in [9.17, 15) is 13.2 Å². The molecule has 118 valence electrons. The number of amides is 1. The van der Waals surface area contributed by atoms with Gasteiger partial charge in [-0.15, -0.1) is 0 Å². The molecule has 21 heavy (non-hydrogen) atoms. The van der Waals surface area contributed by atoms with Crippen molar-refractivity contribution in [2.75, 3.05) is 20.2 Å². The molecule has 0 atom stereocenters. The Bertz CT molecular complexity index is 612. The predicted molar refractivity (Wildman–Crippen MR) is 81.0 cm³/mol. The molecule has 0 fully saturated rings. The van der Waals surface area contributed by atoms with E-state index in [1.165, 1.54) is 7.11 Å². The first-order valence-electron chi connectivity index (χ1n) is 6.73. The van der Waals surface area contributed by atoms with E-state index in [0.29, 0.717) is 17.9 Å². The summed E-state index contributed by atoms with van der Waals surface area (Å²) in [7, 11) is -2.19. The van der Waals surface area contributed by atoms with Gasteiger partial charge in [-0.2, -0.15) is 0 Å². The van der Waals surface area contributed by atoms with Crippen LogP contribution in [0.5, 0.6) is 5.75 Å². The van der Waals surface area contributed by atoms with E-state index in [4.69, 9.17) is 4.74 Å². The highest BCUT2D eigenvalue weighted by atomic mass is 32.2. The van der Waals surface area contributed by atoms with Gasteiger partial charge < -0.3 is 10.1 Å². The van der Waals surface area contributed by atoms with Gasteiger partial charge >= 0.3 is 0 Å². The second kappa shape index (κ2) is 7.42. The first-order chi connectivity index (χ1) is 9.81. The highest BCUT2D eigenvalue weighted by Gasteiger charge is 2.19. The maximum atomic E-state index is 12.3. The lowest BCUT2D eigenvalue weighted by Gasteiger charge is -2.12. The Hall–Kier alpha value is -1.60. The first kappa shape index (κ1) is 17.5. The van der Waals surface area contributed by atoms with Crippen LogP contribution in [0.2, 0.25) is 0 Å². The van der Waals surface area contributed by atoms with Crippen molar-refractivity contribution < 1.29 is 17.9 Å². The average molecular weight is 314 g/mol. The lowest BCUT2D eigenvalue weighted by Crippen LogP contribution is -2.37. The molecule has 2 N–H and O–H groups in total. The van der Waals surface area contributed by atoms with Crippen LogP contribution in [0.4, 0.5) is 0 Å². The number of benzene rings is 1. The number of sulfonamides is 1. The summed E-state index contributed by atoms with van der Waals surface area (Å²) in [4.78, 5) is 11.6. The maximum Gasteiger partial charge on any atom is 0.241 e. The molecule has 1 aromatic rings. The molecule has 7 heteroatoms. The summed E-state index contributed by atoms with van der Waals surface area (Å²) >= 11 is 0. The Kier molecular flexibility index (Phi) is 6.17. The van der Waals surface area contributed by atoms with E-state index in [1.807, 2.05) is 6.92 Å². The largest absolute Gasteiger partial charge is 0.496 e. The second-order valence-electron chi connectivity index (χ2n) is 4.76. The van der Waals surface area contributed by atoms with E-state index < -0.39 is 10.0 Å². The number of methoxy groups -OCH3 is 1. The molecule has 0 bridgehead atoms. The molecule has 0 aliphatic rings. The van der Waals surface area contributed by atoms with Crippen LogP contribution in [-0.2, 0) is 14.8 Å². The zero-order valence-electron chi connectivity index (χ0n) is 12.8. The number of carbonyl (C=O) groups excluding carboxylic acids is 1. The molecular formula is C14H22N2O4S. The molecule has 1 aromatic carbocycles. The van der Waals surface area contributed by atoms with Crippen molar-refractivity contribution in [3.05, 3.63) is 23.3 Å². The van der Waals surface area contributed by atoms with Gasteiger partial charge in [0.15, 0.2) is 0 Å². The number of hydrogen-bond donors (Lipinski definition) is 2. The first-order valence-corrected chi connectivity index (χ1v) is 8.21. The minimum atomic E-state index is -3.72. The number of nitrogens with one attached hydrogen (secondary N) is 2. The molecule has 0 saturated carbocycles. The number of hydrogen-bond acceptors (Lipinski definition) is 4. The third-order valence-electron chi connectivity index (χ3n) is 2.98. The Labute approximate surface area is 125 Å². The lowest BCUT2D eigenvalue weighted by atomic mass is 10.1. The Morgan fingerprint density at radius 1 is 1.24 bits per heavy atom. The number of carbonyl (C=O) groups is 1. The summed E-state index contributed by atoms with van der Waals surface area (Å²) in [6.07, 6.45) is 0.801. The van der Waals surface area contributed by atoms with Gasteiger partial charge in [0.05, 0.1) is 18.6 Å². The molecule has 0 unspecified atom stereocenters. The summed E-state index contributed by atoms with van der Waals surface area (Å²) < 4.78 is 32.0. The molecule has 1 rings (SSSR count). The van der Waals surface area contributed by atoms with Gasteiger partial charge in [0.2, 0.25) is 15.9 Å². The third kappa shape index (κ3) is 4.71. The van der Waals surface area contributed by atoms with Crippen LogP contribution in [0, 0.1) is 13.8 Å². The second-order valence-corrected chi connectivity index (χ2v) is 6.50. The fourth-order valence-corrected chi connectivity index (χ4v) is 3.13. The van der Waals surface area contributed by atoms with Crippen molar-refractivity contribution in [3.8, 4) is 5.75 Å². The van der Waals surface area contributed by atoms with Crippen molar-refractivity contribution in [3.63, 3.8) is 0 Å². The summed E-state index contributed by atoms with van der Waals surface area (Å²) in [6.45, 7) is 5.64. The molecule has 0 aromatic heterocycles. The summed E-state index contributed by atoms with van der Waals surface area (Å²) in [5, 5.41) is 2.61. The van der Waals surface area contributed by atoms with Gasteiger partial charge in [-0.3, -0.25) is 4.79 Å². The van der Waals surface area contributed by atoms with Gasteiger partial charge in [0, 0.05) is 6.54 Å². The quantitative estimate of drug-likeness (QED) is 0.790.